The summed E-state index contributed by atoms with van der Waals surface area (Å²) in [4.78, 5) is 0. The number of halogens is 1. The van der Waals surface area contributed by atoms with Gasteiger partial charge in [-0.05, 0) is 62.9 Å². The highest BCUT2D eigenvalue weighted by molar-refractivity contribution is 6.13. The molecule has 0 amide bonds. The number of fused-ring (bicyclic) bond motifs is 3. The zero-order valence-electron chi connectivity index (χ0n) is 16.2. The van der Waals surface area contributed by atoms with E-state index < -0.39 is 0 Å². The average molecular weight is 398 g/mol. The van der Waals surface area contributed by atoms with E-state index in [4.69, 9.17) is 16.3 Å². The molecule has 3 aromatic rings. The van der Waals surface area contributed by atoms with E-state index in [-0.39, 0.29) is 0 Å². The van der Waals surface area contributed by atoms with E-state index >= 15 is 0 Å². The Bertz CT molecular complexity index is 1000. The Kier molecular flexibility index (Phi) is 4.48. The van der Waals surface area contributed by atoms with Crippen molar-refractivity contribution in [2.24, 2.45) is 0 Å². The summed E-state index contributed by atoms with van der Waals surface area (Å²) in [7, 11) is 0. The van der Waals surface area contributed by atoms with E-state index in [1.807, 2.05) is 6.92 Å². The van der Waals surface area contributed by atoms with Gasteiger partial charge in [-0.1, -0.05) is 23.4 Å². The molecule has 1 fully saturated rings. The van der Waals surface area contributed by atoms with Crippen LogP contribution in [0.3, 0.4) is 0 Å². The van der Waals surface area contributed by atoms with Crippen LogP contribution < -0.4 is 0 Å². The second kappa shape index (κ2) is 7.01. The summed E-state index contributed by atoms with van der Waals surface area (Å²) in [6, 6.07) is 8.42. The maximum atomic E-state index is 6.41. The normalized spacial score (nSPS) is 22.5. The summed E-state index contributed by atoms with van der Waals surface area (Å²) in [5.74, 6) is 3.80. The maximum Gasteiger partial charge on any atom is 0.153 e. The van der Waals surface area contributed by atoms with Gasteiger partial charge in [-0.3, -0.25) is 4.57 Å². The van der Waals surface area contributed by atoms with E-state index in [2.05, 4.69) is 51.1 Å². The molecular weight excluding hydrogens is 374 g/mol. The molecule has 1 aliphatic heterocycles. The molecule has 2 aliphatic rings. The van der Waals surface area contributed by atoms with Crippen molar-refractivity contribution in [2.45, 2.75) is 64.5 Å². The van der Waals surface area contributed by atoms with Gasteiger partial charge in [-0.2, -0.15) is 0 Å². The minimum absolute atomic E-state index is 0.403. The summed E-state index contributed by atoms with van der Waals surface area (Å²) in [6.45, 7) is 5.40. The largest absolute Gasteiger partial charge is 0.361 e. The Balaban J connectivity index is 1.44. The lowest BCUT2D eigenvalue weighted by atomic mass is 9.79. The summed E-state index contributed by atoms with van der Waals surface area (Å²) in [5.41, 5.74) is 4.71. The third-order valence-electron chi connectivity index (χ3n) is 6.31. The molecular formula is C21H24ClN5O. The first-order valence-electron chi connectivity index (χ1n) is 9.97. The van der Waals surface area contributed by atoms with Crippen molar-refractivity contribution in [1.82, 2.24) is 24.3 Å². The molecule has 5 rings (SSSR count). The van der Waals surface area contributed by atoms with Gasteiger partial charge < -0.3 is 4.52 Å². The van der Waals surface area contributed by atoms with Crippen molar-refractivity contribution in [3.8, 4) is 5.69 Å². The number of aryl methyl sites for hydroxylation is 1. The fraction of sp³-hybridized carbons (Fsp3) is 0.476. The number of benzene rings is 1. The van der Waals surface area contributed by atoms with Gasteiger partial charge in [0.1, 0.15) is 11.6 Å². The van der Waals surface area contributed by atoms with Gasteiger partial charge in [0.15, 0.2) is 5.82 Å². The van der Waals surface area contributed by atoms with Gasteiger partial charge in [-0.25, -0.2) is 4.42 Å². The van der Waals surface area contributed by atoms with E-state index in [0.29, 0.717) is 24.9 Å². The first-order valence-corrected chi connectivity index (χ1v) is 10.3. The van der Waals surface area contributed by atoms with Crippen LogP contribution in [0.1, 0.15) is 71.7 Å². The summed E-state index contributed by atoms with van der Waals surface area (Å²) in [6.07, 6.45) is 4.37. The Labute approximate surface area is 169 Å². The van der Waals surface area contributed by atoms with E-state index in [1.54, 1.807) is 4.42 Å². The minimum Gasteiger partial charge on any atom is -0.361 e. The van der Waals surface area contributed by atoms with Gasteiger partial charge in [0.2, 0.25) is 0 Å². The predicted molar refractivity (Wildman–Crippen MR) is 106 cm³/mol. The molecule has 7 heteroatoms. The molecule has 146 valence electrons. The van der Waals surface area contributed by atoms with Crippen LogP contribution in [0.5, 0.6) is 0 Å². The van der Waals surface area contributed by atoms with Crippen molar-refractivity contribution in [3.63, 3.8) is 0 Å². The number of para-hydroxylation sites is 1. The molecule has 0 atom stereocenters. The van der Waals surface area contributed by atoms with Gasteiger partial charge in [0.05, 0.1) is 17.9 Å². The summed E-state index contributed by atoms with van der Waals surface area (Å²) >= 11 is 6.41. The number of nitrogens with zero attached hydrogens (tertiary/aromatic N) is 5. The van der Waals surface area contributed by atoms with E-state index in [1.165, 1.54) is 11.1 Å². The Morgan fingerprint density at radius 2 is 1.75 bits per heavy atom. The quantitative estimate of drug-likeness (QED) is 0.582. The van der Waals surface area contributed by atoms with E-state index in [0.717, 1.165) is 54.5 Å². The Morgan fingerprint density at radius 3 is 2.50 bits per heavy atom. The molecule has 0 bridgehead atoms. The van der Waals surface area contributed by atoms with E-state index in [9.17, 15) is 0 Å². The Morgan fingerprint density at radius 1 is 1.00 bits per heavy atom. The summed E-state index contributed by atoms with van der Waals surface area (Å²) < 4.78 is 9.42. The van der Waals surface area contributed by atoms with Crippen LogP contribution in [0, 0.1) is 13.8 Å². The molecule has 1 saturated carbocycles. The summed E-state index contributed by atoms with van der Waals surface area (Å²) in [5, 5.41) is 13.4. The second-order valence-corrected chi connectivity index (χ2v) is 8.49. The SMILES string of the molecule is Cc1onc(C2CCC(c3nnc4n3-c3ccccc3CN(Cl)C4)CC2)c1C. The number of rotatable bonds is 2. The molecule has 1 aromatic carbocycles. The smallest absolute Gasteiger partial charge is 0.153 e. The molecule has 6 nitrogen and oxygen atoms in total. The lowest BCUT2D eigenvalue weighted by Crippen LogP contribution is -2.17. The fourth-order valence-corrected chi connectivity index (χ4v) is 4.89. The number of hydrogen-bond acceptors (Lipinski definition) is 5. The van der Waals surface area contributed by atoms with Crippen LogP contribution in [-0.4, -0.2) is 24.3 Å². The molecule has 0 unspecified atom stereocenters. The van der Waals surface area contributed by atoms with Gasteiger partial charge in [-0.15, -0.1) is 10.2 Å². The van der Waals surface area contributed by atoms with Crippen molar-refractivity contribution in [3.05, 3.63) is 58.5 Å². The first-order chi connectivity index (χ1) is 13.6. The number of hydrogen-bond donors (Lipinski definition) is 0. The van der Waals surface area contributed by atoms with Crippen molar-refractivity contribution >= 4 is 11.8 Å². The molecule has 28 heavy (non-hydrogen) atoms. The molecule has 0 N–H and O–H groups in total. The highest BCUT2D eigenvalue weighted by atomic mass is 35.5. The van der Waals surface area contributed by atoms with Crippen molar-refractivity contribution in [1.29, 1.82) is 0 Å². The molecule has 1 aliphatic carbocycles. The highest BCUT2D eigenvalue weighted by Crippen LogP contribution is 2.42. The lowest BCUT2D eigenvalue weighted by Gasteiger charge is -2.27. The van der Waals surface area contributed by atoms with Crippen molar-refractivity contribution < 1.29 is 4.52 Å². The van der Waals surface area contributed by atoms with Crippen LogP contribution in [0.4, 0.5) is 0 Å². The minimum atomic E-state index is 0.403. The highest BCUT2D eigenvalue weighted by Gasteiger charge is 2.32. The standard InChI is InChI=1S/C21H24ClN5O/c1-13-14(2)28-25-20(13)15-7-9-16(10-8-15)21-24-23-19-12-26(22)11-17-5-3-4-6-18(17)27(19)21/h3-6,15-16H,7-12H2,1-2H3. The zero-order chi connectivity index (χ0) is 19.3. The van der Waals surface area contributed by atoms with Crippen molar-refractivity contribution in [2.75, 3.05) is 0 Å². The van der Waals surface area contributed by atoms with Crippen LogP contribution >= 0.6 is 11.8 Å². The third-order valence-corrected chi connectivity index (χ3v) is 6.55. The first kappa shape index (κ1) is 17.9. The number of aromatic nitrogens is 4. The van der Waals surface area contributed by atoms with Gasteiger partial charge >= 0.3 is 0 Å². The maximum absolute atomic E-state index is 6.41. The lowest BCUT2D eigenvalue weighted by molar-refractivity contribution is 0.347. The molecule has 0 radical (unpaired) electrons. The average Bonchev–Trinajstić information content (AvgIpc) is 3.22. The topological polar surface area (TPSA) is 60.0 Å². The monoisotopic (exact) mass is 397 g/mol. The second-order valence-electron chi connectivity index (χ2n) is 8.01. The van der Waals surface area contributed by atoms with Crippen LogP contribution in [0.15, 0.2) is 28.8 Å². The molecule has 0 spiro atoms. The van der Waals surface area contributed by atoms with Crippen LogP contribution in [0.2, 0.25) is 0 Å². The predicted octanol–water partition coefficient (Wildman–Crippen LogP) is 4.78. The third kappa shape index (κ3) is 2.95. The van der Waals surface area contributed by atoms with Crippen LogP contribution in [-0.2, 0) is 13.1 Å². The molecule has 2 aromatic heterocycles. The van der Waals surface area contributed by atoms with Gasteiger partial charge in [0, 0.05) is 23.9 Å². The van der Waals surface area contributed by atoms with Gasteiger partial charge in [0.25, 0.3) is 0 Å². The Hall–Kier alpha value is -2.18. The molecule has 0 saturated heterocycles. The van der Waals surface area contributed by atoms with Crippen LogP contribution in [0.25, 0.3) is 5.69 Å². The molecule has 3 heterocycles. The fourth-order valence-electron chi connectivity index (χ4n) is 4.66. The zero-order valence-corrected chi connectivity index (χ0v) is 17.0.